The standard InChI is InChI=1S/C19H20N5O10P/c20-17-14-18(22-7-21-17)24(8-23-14)19-16(29)15(28)12(33-19)6-32-35(30,31)34-13(27)4-2-9-1-3-10(25)11(26)5-9/h1-5,7-8,12,15-16,19,25-26,28-29H,6H2,(H,30,31)(H2,20,21,22)/b4-2+/t12-,15-,16-,19-/m1/s1. The number of aromatic nitrogens is 4. The number of aromatic hydroxyl groups is 2. The van der Waals surface area contributed by atoms with Crippen LogP contribution in [-0.2, 0) is 23.1 Å². The zero-order valence-electron chi connectivity index (χ0n) is 17.6. The summed E-state index contributed by atoms with van der Waals surface area (Å²) in [5.41, 5.74) is 6.51. The summed E-state index contributed by atoms with van der Waals surface area (Å²) in [4.78, 5) is 33.6. The third kappa shape index (κ3) is 5.24. The number of fused-ring (bicyclic) bond motifs is 1. The minimum absolute atomic E-state index is 0.0981. The van der Waals surface area contributed by atoms with Crippen LogP contribution in [-0.4, -0.2) is 75.7 Å². The molecule has 0 saturated carbocycles. The summed E-state index contributed by atoms with van der Waals surface area (Å²) in [5.74, 6) is -1.93. The molecule has 4 rings (SSSR count). The molecule has 1 aromatic carbocycles. The van der Waals surface area contributed by atoms with E-state index in [1.54, 1.807) is 0 Å². The number of imidazole rings is 1. The van der Waals surface area contributed by atoms with Gasteiger partial charge < -0.3 is 35.4 Å². The lowest BCUT2D eigenvalue weighted by Gasteiger charge is -2.17. The normalized spacial score (nSPS) is 24.1. The fourth-order valence-corrected chi connectivity index (χ4v) is 3.98. The minimum atomic E-state index is -4.93. The number of carbonyl (C=O) groups excluding carboxylic acids is 1. The van der Waals surface area contributed by atoms with Crippen LogP contribution >= 0.6 is 7.82 Å². The van der Waals surface area contributed by atoms with Crippen LogP contribution in [0.2, 0.25) is 0 Å². The Hall–Kier alpha value is -3.59. The van der Waals surface area contributed by atoms with Crippen LogP contribution in [0.4, 0.5) is 5.82 Å². The highest BCUT2D eigenvalue weighted by Crippen LogP contribution is 2.45. The molecule has 1 fully saturated rings. The van der Waals surface area contributed by atoms with Crippen molar-refractivity contribution in [3.63, 3.8) is 0 Å². The SMILES string of the molecule is Nc1ncnc2c1ncn2[C@@H]1O[C@H](COP(=O)(O)OC(=O)/C=C/c2ccc(O)c(O)c2)[C@@H](O)[C@H]1O. The number of carbonyl (C=O) groups is 1. The van der Waals surface area contributed by atoms with Crippen molar-refractivity contribution in [2.75, 3.05) is 12.3 Å². The number of anilines is 1. The van der Waals surface area contributed by atoms with Gasteiger partial charge in [0.2, 0.25) is 0 Å². The number of hydrogen-bond donors (Lipinski definition) is 6. The molecule has 35 heavy (non-hydrogen) atoms. The van der Waals surface area contributed by atoms with Gasteiger partial charge in [-0.25, -0.2) is 24.3 Å². The topological polar surface area (TPSA) is 233 Å². The van der Waals surface area contributed by atoms with Crippen LogP contribution in [0.15, 0.2) is 36.9 Å². The summed E-state index contributed by atoms with van der Waals surface area (Å²) in [6.07, 6.45) is -1.04. The van der Waals surface area contributed by atoms with E-state index < -0.39 is 50.7 Å². The number of nitrogens with two attached hydrogens (primary N) is 1. The molecule has 1 unspecified atom stereocenters. The van der Waals surface area contributed by atoms with Crippen LogP contribution in [0.5, 0.6) is 11.5 Å². The molecule has 1 saturated heterocycles. The lowest BCUT2D eigenvalue weighted by atomic mass is 10.1. The number of phenolic OH excluding ortho intramolecular Hbond substituents is 2. The predicted octanol–water partition coefficient (Wildman–Crippen LogP) is -0.188. The van der Waals surface area contributed by atoms with E-state index in [-0.39, 0.29) is 22.7 Å². The molecule has 3 heterocycles. The quantitative estimate of drug-likeness (QED) is 0.138. The molecule has 0 spiro atoms. The van der Waals surface area contributed by atoms with Crippen molar-refractivity contribution in [2.24, 2.45) is 0 Å². The van der Waals surface area contributed by atoms with Crippen molar-refractivity contribution in [3.8, 4) is 11.5 Å². The number of aliphatic hydroxyl groups excluding tert-OH is 2. The first-order chi connectivity index (χ1) is 16.6. The van der Waals surface area contributed by atoms with E-state index in [1.807, 2.05) is 0 Å². The second-order valence-corrected chi connectivity index (χ2v) is 8.76. The average Bonchev–Trinajstić information content (AvgIpc) is 3.35. The Bertz CT molecular complexity index is 1330. The summed E-state index contributed by atoms with van der Waals surface area (Å²) < 4.78 is 28.2. The zero-order chi connectivity index (χ0) is 25.3. The maximum Gasteiger partial charge on any atom is 0.529 e. The molecule has 186 valence electrons. The van der Waals surface area contributed by atoms with Gasteiger partial charge in [0.1, 0.15) is 30.2 Å². The molecule has 2 aromatic heterocycles. The monoisotopic (exact) mass is 509 g/mol. The summed E-state index contributed by atoms with van der Waals surface area (Å²) in [5, 5.41) is 39.4. The van der Waals surface area contributed by atoms with E-state index in [1.165, 1.54) is 29.4 Å². The van der Waals surface area contributed by atoms with Gasteiger partial charge in [-0.3, -0.25) is 14.0 Å². The first-order valence-electron chi connectivity index (χ1n) is 9.91. The number of aliphatic hydroxyl groups is 2. The van der Waals surface area contributed by atoms with Crippen molar-refractivity contribution in [2.45, 2.75) is 24.5 Å². The molecular weight excluding hydrogens is 489 g/mol. The molecule has 0 radical (unpaired) electrons. The Labute approximate surface area is 196 Å². The zero-order valence-corrected chi connectivity index (χ0v) is 18.5. The third-order valence-electron chi connectivity index (χ3n) is 5.02. The Balaban J connectivity index is 1.37. The number of benzene rings is 1. The predicted molar refractivity (Wildman–Crippen MR) is 116 cm³/mol. The van der Waals surface area contributed by atoms with E-state index >= 15 is 0 Å². The van der Waals surface area contributed by atoms with Crippen LogP contribution < -0.4 is 5.73 Å². The van der Waals surface area contributed by atoms with Crippen LogP contribution in [0.1, 0.15) is 11.8 Å². The first-order valence-corrected chi connectivity index (χ1v) is 11.4. The highest BCUT2D eigenvalue weighted by Gasteiger charge is 2.45. The number of nitrogen functional groups attached to an aromatic ring is 1. The lowest BCUT2D eigenvalue weighted by Crippen LogP contribution is -2.33. The molecule has 15 nitrogen and oxygen atoms in total. The molecule has 1 aliphatic rings. The Kier molecular flexibility index (Phi) is 6.71. The smallest absolute Gasteiger partial charge is 0.504 e. The van der Waals surface area contributed by atoms with E-state index in [2.05, 4.69) is 19.5 Å². The fraction of sp³-hybridized carbons (Fsp3) is 0.263. The Morgan fingerprint density at radius 1 is 1.20 bits per heavy atom. The Morgan fingerprint density at radius 3 is 2.71 bits per heavy atom. The van der Waals surface area contributed by atoms with Crippen LogP contribution in [0, 0.1) is 0 Å². The van der Waals surface area contributed by atoms with E-state index in [0.717, 1.165) is 18.2 Å². The lowest BCUT2D eigenvalue weighted by molar-refractivity contribution is -0.130. The molecule has 16 heteroatoms. The third-order valence-corrected chi connectivity index (χ3v) is 5.90. The van der Waals surface area contributed by atoms with Crippen LogP contribution in [0.3, 0.4) is 0 Å². The van der Waals surface area contributed by atoms with E-state index in [4.69, 9.17) is 15.0 Å². The summed E-state index contributed by atoms with van der Waals surface area (Å²) in [6.45, 7) is -0.713. The highest BCUT2D eigenvalue weighted by atomic mass is 31.2. The summed E-state index contributed by atoms with van der Waals surface area (Å²) in [6, 6.07) is 3.71. The number of nitrogens with zero attached hydrogens (tertiary/aromatic N) is 4. The van der Waals surface area contributed by atoms with Crippen molar-refractivity contribution in [1.82, 2.24) is 19.5 Å². The number of hydrogen-bond acceptors (Lipinski definition) is 13. The molecule has 1 aliphatic heterocycles. The van der Waals surface area contributed by atoms with Gasteiger partial charge in [-0.1, -0.05) is 6.07 Å². The molecule has 3 aromatic rings. The first kappa shape index (κ1) is 24.5. The molecule has 0 aliphatic carbocycles. The number of ether oxygens (including phenoxy) is 1. The van der Waals surface area contributed by atoms with Gasteiger partial charge in [0.05, 0.1) is 12.9 Å². The van der Waals surface area contributed by atoms with Crippen molar-refractivity contribution < 1.29 is 48.5 Å². The second-order valence-electron chi connectivity index (χ2n) is 7.39. The molecule has 5 atom stereocenters. The van der Waals surface area contributed by atoms with Crippen molar-refractivity contribution in [3.05, 3.63) is 42.5 Å². The molecular formula is C19H20N5O10P. The van der Waals surface area contributed by atoms with E-state index in [9.17, 15) is 34.7 Å². The van der Waals surface area contributed by atoms with Gasteiger partial charge in [0.15, 0.2) is 29.2 Å². The molecule has 0 bridgehead atoms. The van der Waals surface area contributed by atoms with Crippen LogP contribution in [0.25, 0.3) is 17.2 Å². The Morgan fingerprint density at radius 2 is 1.97 bits per heavy atom. The largest absolute Gasteiger partial charge is 0.529 e. The van der Waals surface area contributed by atoms with Gasteiger partial charge >= 0.3 is 13.8 Å². The molecule has 0 amide bonds. The summed E-state index contributed by atoms with van der Waals surface area (Å²) in [7, 11) is -4.93. The number of phosphoric acid groups is 1. The summed E-state index contributed by atoms with van der Waals surface area (Å²) >= 11 is 0. The maximum absolute atomic E-state index is 12.1. The minimum Gasteiger partial charge on any atom is -0.504 e. The number of phenols is 2. The average molecular weight is 509 g/mol. The van der Waals surface area contributed by atoms with Crippen molar-refractivity contribution >= 4 is 36.8 Å². The van der Waals surface area contributed by atoms with Crippen molar-refractivity contribution in [1.29, 1.82) is 0 Å². The number of rotatable bonds is 7. The van der Waals surface area contributed by atoms with Gasteiger partial charge in [-0.2, -0.15) is 0 Å². The van der Waals surface area contributed by atoms with Gasteiger partial charge in [-0.15, -0.1) is 0 Å². The van der Waals surface area contributed by atoms with Gasteiger partial charge in [0.25, 0.3) is 0 Å². The number of phosphoric ester groups is 1. The van der Waals surface area contributed by atoms with Gasteiger partial charge in [-0.05, 0) is 23.8 Å². The second kappa shape index (κ2) is 9.58. The maximum atomic E-state index is 12.1. The van der Waals surface area contributed by atoms with E-state index in [0.29, 0.717) is 5.56 Å². The highest BCUT2D eigenvalue weighted by molar-refractivity contribution is 7.48. The van der Waals surface area contributed by atoms with Gasteiger partial charge in [0, 0.05) is 6.08 Å². The molecule has 7 N–H and O–H groups in total. The fourth-order valence-electron chi connectivity index (χ4n) is 3.30.